The van der Waals surface area contributed by atoms with Crippen molar-refractivity contribution in [2.75, 3.05) is 26.9 Å². The smallest absolute Gasteiger partial charge is 0.162 e. The highest BCUT2D eigenvalue weighted by Crippen LogP contribution is 2.39. The lowest BCUT2D eigenvalue weighted by molar-refractivity contribution is 0.0493. The number of imidazole rings is 1. The molecule has 0 spiro atoms. The molecule has 5 rings (SSSR count). The lowest BCUT2D eigenvalue weighted by Gasteiger charge is -2.23. The quantitative estimate of drug-likeness (QED) is 0.521. The molecule has 30 heavy (non-hydrogen) atoms. The molecular formula is C23H24N4O3. The number of nitrogens with zero attached hydrogens (tertiary/aromatic N) is 3. The fraction of sp³-hybridized carbons (Fsp3) is 0.304. The predicted molar refractivity (Wildman–Crippen MR) is 114 cm³/mol. The van der Waals surface area contributed by atoms with Gasteiger partial charge in [-0.25, -0.2) is 4.98 Å². The second-order valence-corrected chi connectivity index (χ2v) is 7.53. The maximum atomic E-state index is 6.25. The summed E-state index contributed by atoms with van der Waals surface area (Å²) in [5.41, 5.74) is 4.06. The van der Waals surface area contributed by atoms with Crippen LogP contribution in [-0.4, -0.2) is 46.7 Å². The van der Waals surface area contributed by atoms with Gasteiger partial charge in [-0.2, -0.15) is 5.10 Å². The number of ether oxygens (including phenoxy) is 3. The van der Waals surface area contributed by atoms with Crippen molar-refractivity contribution in [3.8, 4) is 28.3 Å². The van der Waals surface area contributed by atoms with Crippen LogP contribution in [0.1, 0.15) is 12.8 Å². The Kier molecular flexibility index (Phi) is 5.11. The third-order valence-electron chi connectivity index (χ3n) is 5.63. The molecule has 4 aromatic rings. The molecule has 0 atom stereocenters. The second-order valence-electron chi connectivity index (χ2n) is 7.53. The number of nitrogens with one attached hydrogen (secondary N) is 1. The van der Waals surface area contributed by atoms with E-state index in [2.05, 4.69) is 39.4 Å². The summed E-state index contributed by atoms with van der Waals surface area (Å²) in [4.78, 5) is 4.21. The highest BCUT2D eigenvalue weighted by Gasteiger charge is 2.18. The normalized spacial score (nSPS) is 14.8. The molecule has 7 nitrogen and oxygen atoms in total. The summed E-state index contributed by atoms with van der Waals surface area (Å²) >= 11 is 0. The lowest BCUT2D eigenvalue weighted by Crippen LogP contribution is -2.21. The first-order valence-corrected chi connectivity index (χ1v) is 10.2. The number of aromatic nitrogens is 4. The highest BCUT2D eigenvalue weighted by atomic mass is 16.5. The van der Waals surface area contributed by atoms with Crippen molar-refractivity contribution >= 4 is 10.9 Å². The van der Waals surface area contributed by atoms with E-state index in [0.29, 0.717) is 18.3 Å². The molecule has 1 aliphatic rings. The van der Waals surface area contributed by atoms with Crippen LogP contribution < -0.4 is 9.47 Å². The van der Waals surface area contributed by atoms with Crippen LogP contribution in [-0.2, 0) is 4.74 Å². The first kappa shape index (κ1) is 18.7. The van der Waals surface area contributed by atoms with Gasteiger partial charge in [0.2, 0.25) is 0 Å². The van der Waals surface area contributed by atoms with E-state index < -0.39 is 0 Å². The Morgan fingerprint density at radius 3 is 2.87 bits per heavy atom. The molecule has 1 N–H and O–H groups in total. The van der Waals surface area contributed by atoms with Gasteiger partial charge in [-0.1, -0.05) is 12.1 Å². The van der Waals surface area contributed by atoms with Crippen LogP contribution in [0.25, 0.3) is 27.7 Å². The Morgan fingerprint density at radius 1 is 1.17 bits per heavy atom. The molecule has 2 aromatic carbocycles. The monoisotopic (exact) mass is 404 g/mol. The molecule has 3 heterocycles. The van der Waals surface area contributed by atoms with Gasteiger partial charge in [0.05, 0.1) is 37.4 Å². The summed E-state index contributed by atoms with van der Waals surface area (Å²) in [5, 5.41) is 8.27. The largest absolute Gasteiger partial charge is 0.493 e. The van der Waals surface area contributed by atoms with Gasteiger partial charge in [0, 0.05) is 42.6 Å². The number of hydrogen-bond acceptors (Lipinski definition) is 5. The van der Waals surface area contributed by atoms with E-state index in [1.54, 1.807) is 19.6 Å². The number of hydrogen-bond donors (Lipinski definition) is 1. The van der Waals surface area contributed by atoms with E-state index in [1.165, 1.54) is 0 Å². The van der Waals surface area contributed by atoms with Crippen LogP contribution in [0, 0.1) is 5.92 Å². The van der Waals surface area contributed by atoms with Gasteiger partial charge in [-0.15, -0.1) is 0 Å². The second kappa shape index (κ2) is 8.20. The lowest BCUT2D eigenvalue weighted by atomic mass is 10.0. The van der Waals surface area contributed by atoms with E-state index in [-0.39, 0.29) is 0 Å². The van der Waals surface area contributed by atoms with Crippen molar-refractivity contribution in [2.45, 2.75) is 12.8 Å². The Labute approximate surface area is 174 Å². The van der Waals surface area contributed by atoms with Crippen LogP contribution in [0.2, 0.25) is 0 Å². The number of benzene rings is 2. The molecule has 7 heteroatoms. The number of H-pyrrole nitrogens is 1. The van der Waals surface area contributed by atoms with Crippen LogP contribution in [0.15, 0.2) is 55.2 Å². The zero-order chi connectivity index (χ0) is 20.3. The van der Waals surface area contributed by atoms with Gasteiger partial charge in [0.25, 0.3) is 0 Å². The van der Waals surface area contributed by atoms with Crippen LogP contribution >= 0.6 is 0 Å². The third-order valence-corrected chi connectivity index (χ3v) is 5.63. The van der Waals surface area contributed by atoms with Crippen molar-refractivity contribution in [1.29, 1.82) is 0 Å². The highest BCUT2D eigenvalue weighted by molar-refractivity contribution is 5.86. The minimum Gasteiger partial charge on any atom is -0.493 e. The molecule has 0 unspecified atom stereocenters. The summed E-state index contributed by atoms with van der Waals surface area (Å²) < 4.78 is 19.4. The fourth-order valence-corrected chi connectivity index (χ4v) is 3.89. The summed E-state index contributed by atoms with van der Waals surface area (Å²) in [6, 6.07) is 10.3. The molecule has 0 radical (unpaired) electrons. The van der Waals surface area contributed by atoms with Gasteiger partial charge >= 0.3 is 0 Å². The first-order chi connectivity index (χ1) is 14.8. The number of methoxy groups -OCH3 is 1. The van der Waals surface area contributed by atoms with Gasteiger partial charge in [-0.3, -0.25) is 5.10 Å². The molecule has 1 fully saturated rings. The Bertz CT molecular complexity index is 1130. The average Bonchev–Trinajstić information content (AvgIpc) is 3.49. The number of aromatic amines is 1. The molecule has 0 bridgehead atoms. The number of rotatable bonds is 6. The molecule has 0 saturated carbocycles. The summed E-state index contributed by atoms with van der Waals surface area (Å²) in [7, 11) is 1.67. The maximum absolute atomic E-state index is 6.25. The van der Waals surface area contributed by atoms with Crippen LogP contribution in [0.5, 0.6) is 11.5 Å². The minimum atomic E-state index is 0.501. The average molecular weight is 404 g/mol. The van der Waals surface area contributed by atoms with Gasteiger partial charge in [-0.05, 0) is 36.5 Å². The Morgan fingerprint density at radius 2 is 2.07 bits per heavy atom. The van der Waals surface area contributed by atoms with Gasteiger partial charge < -0.3 is 18.8 Å². The van der Waals surface area contributed by atoms with Crippen molar-refractivity contribution in [2.24, 2.45) is 5.92 Å². The zero-order valence-corrected chi connectivity index (χ0v) is 16.9. The summed E-state index contributed by atoms with van der Waals surface area (Å²) in [6.45, 7) is 2.27. The number of fused-ring (bicyclic) bond motifs is 1. The zero-order valence-electron chi connectivity index (χ0n) is 16.9. The van der Waals surface area contributed by atoms with Gasteiger partial charge in [0.15, 0.2) is 11.5 Å². The summed E-state index contributed by atoms with van der Waals surface area (Å²) in [6.07, 6.45) is 9.36. The van der Waals surface area contributed by atoms with Crippen molar-refractivity contribution in [3.05, 3.63) is 55.2 Å². The van der Waals surface area contributed by atoms with Crippen molar-refractivity contribution in [1.82, 2.24) is 19.7 Å². The van der Waals surface area contributed by atoms with Crippen LogP contribution in [0.3, 0.4) is 0 Å². The molecule has 1 aliphatic heterocycles. The van der Waals surface area contributed by atoms with Gasteiger partial charge in [0.1, 0.15) is 0 Å². The molecule has 0 aliphatic carbocycles. The molecular weight excluding hydrogens is 380 g/mol. The molecule has 154 valence electrons. The fourth-order valence-electron chi connectivity index (χ4n) is 3.89. The molecule has 0 amide bonds. The Hall–Kier alpha value is -3.32. The van der Waals surface area contributed by atoms with E-state index >= 15 is 0 Å². The predicted octanol–water partition coefficient (Wildman–Crippen LogP) is 4.23. The van der Waals surface area contributed by atoms with E-state index in [9.17, 15) is 0 Å². The third kappa shape index (κ3) is 3.64. The summed E-state index contributed by atoms with van der Waals surface area (Å²) in [5.74, 6) is 1.95. The maximum Gasteiger partial charge on any atom is 0.162 e. The SMILES string of the molecule is COc1cc(-n2ccnc2)c(-c2ccc3cn[nH]c3c2)cc1OCC1CCOCC1. The minimum absolute atomic E-state index is 0.501. The van der Waals surface area contributed by atoms with Crippen LogP contribution in [0.4, 0.5) is 0 Å². The van der Waals surface area contributed by atoms with Crippen molar-refractivity contribution < 1.29 is 14.2 Å². The van der Waals surface area contributed by atoms with E-state index in [1.807, 2.05) is 23.0 Å². The first-order valence-electron chi connectivity index (χ1n) is 10.2. The van der Waals surface area contributed by atoms with Crippen molar-refractivity contribution in [3.63, 3.8) is 0 Å². The Balaban J connectivity index is 1.56. The molecule has 1 saturated heterocycles. The van der Waals surface area contributed by atoms with E-state index in [0.717, 1.165) is 59.5 Å². The van der Waals surface area contributed by atoms with E-state index in [4.69, 9.17) is 14.2 Å². The standard InChI is InChI=1S/C23H24N4O3/c1-28-22-12-21(27-7-6-24-15-27)19(17-2-3-18-13-25-26-20(18)10-17)11-23(22)30-14-16-4-8-29-9-5-16/h2-3,6-7,10-13,15-16H,4-5,8-9,14H2,1H3,(H,25,26). The molecule has 2 aromatic heterocycles. The topological polar surface area (TPSA) is 74.2 Å².